The van der Waals surface area contributed by atoms with Gasteiger partial charge in [-0.05, 0) is 25.1 Å². The van der Waals surface area contributed by atoms with Gasteiger partial charge in [0.2, 0.25) is 5.91 Å². The highest BCUT2D eigenvalue weighted by Crippen LogP contribution is 2.22. The minimum atomic E-state index is -0.515. The molecule has 11 heteroatoms. The molecule has 4 rings (SSSR count). The molecule has 3 aromatic rings. The van der Waals surface area contributed by atoms with E-state index >= 15 is 0 Å². The van der Waals surface area contributed by atoms with Crippen LogP contribution < -0.4 is 10.2 Å². The first-order valence-electron chi connectivity index (χ1n) is 9.31. The number of carbonyl (C=O) groups excluding carboxylic acids is 1. The van der Waals surface area contributed by atoms with E-state index in [2.05, 4.69) is 35.4 Å². The quantitative estimate of drug-likeness (QED) is 0.675. The second kappa shape index (κ2) is 8.26. The summed E-state index contributed by atoms with van der Waals surface area (Å²) in [6, 6.07) is 4.12. The van der Waals surface area contributed by atoms with E-state index in [0.717, 1.165) is 11.5 Å². The fraction of sp³-hybridized carbons (Fsp3) is 0.389. The Labute approximate surface area is 171 Å². The molecule has 1 aromatic carbocycles. The van der Waals surface area contributed by atoms with Crippen LogP contribution in [0.2, 0.25) is 5.02 Å². The summed E-state index contributed by atoms with van der Waals surface area (Å²) in [6.45, 7) is 5.74. The van der Waals surface area contributed by atoms with E-state index in [9.17, 15) is 9.18 Å². The molecule has 0 atom stereocenters. The summed E-state index contributed by atoms with van der Waals surface area (Å²) in [5, 5.41) is 11.1. The van der Waals surface area contributed by atoms with Gasteiger partial charge in [0.25, 0.3) is 0 Å². The third-order valence-corrected chi connectivity index (χ3v) is 5.11. The summed E-state index contributed by atoms with van der Waals surface area (Å²) in [4.78, 5) is 25.2. The smallest absolute Gasteiger partial charge is 0.238 e. The highest BCUT2D eigenvalue weighted by Gasteiger charge is 2.23. The molecule has 1 N–H and O–H groups in total. The lowest BCUT2D eigenvalue weighted by molar-refractivity contribution is -0.117. The van der Waals surface area contributed by atoms with Crippen LogP contribution in [0.25, 0.3) is 11.2 Å². The lowest BCUT2D eigenvalue weighted by atomic mass is 10.3. The number of nitrogens with one attached hydrogen (secondary N) is 1. The maximum atomic E-state index is 13.2. The van der Waals surface area contributed by atoms with Crippen molar-refractivity contribution in [1.82, 2.24) is 29.9 Å². The molecule has 1 saturated heterocycles. The summed E-state index contributed by atoms with van der Waals surface area (Å²) in [7, 11) is 0. The van der Waals surface area contributed by atoms with Crippen LogP contribution in [0.4, 0.5) is 15.9 Å². The first kappa shape index (κ1) is 19.5. The number of anilines is 2. The Balaban J connectivity index is 1.35. The number of hydrogen-bond acceptors (Lipinski definition) is 7. The van der Waals surface area contributed by atoms with Crippen LogP contribution in [0, 0.1) is 5.82 Å². The molecule has 1 aliphatic heterocycles. The molecule has 1 fully saturated rings. The highest BCUT2D eigenvalue weighted by molar-refractivity contribution is 6.31. The van der Waals surface area contributed by atoms with Crippen LogP contribution in [-0.2, 0) is 11.3 Å². The van der Waals surface area contributed by atoms with Crippen molar-refractivity contribution in [3.05, 3.63) is 35.4 Å². The van der Waals surface area contributed by atoms with E-state index in [1.807, 2.05) is 6.92 Å². The van der Waals surface area contributed by atoms with Crippen LogP contribution >= 0.6 is 11.6 Å². The summed E-state index contributed by atoms with van der Waals surface area (Å²) in [6.07, 6.45) is 1.53. The van der Waals surface area contributed by atoms with Gasteiger partial charge in [0.1, 0.15) is 12.1 Å². The molecule has 0 radical (unpaired) electrons. The SMILES string of the molecule is CCn1nnc2c(N3CCN(CC(=O)Nc4ccc(F)c(Cl)c4)CC3)ncnc21. The number of fused-ring (bicyclic) bond motifs is 1. The lowest BCUT2D eigenvalue weighted by Crippen LogP contribution is -2.49. The molecule has 0 unspecified atom stereocenters. The molecular weight excluding hydrogens is 399 g/mol. The van der Waals surface area contributed by atoms with E-state index < -0.39 is 5.82 Å². The standard InChI is InChI=1S/C18H20ClFN8O/c1-2-28-18-16(24-25-28)17(21-11-22-18)27-7-5-26(6-8-27)10-15(29)23-12-3-4-14(20)13(19)9-12/h3-4,9,11H,2,5-8,10H2,1H3,(H,23,29). The minimum absolute atomic E-state index is 0.0208. The van der Waals surface area contributed by atoms with E-state index in [-0.39, 0.29) is 17.5 Å². The number of nitrogens with zero attached hydrogens (tertiary/aromatic N) is 7. The van der Waals surface area contributed by atoms with Crippen molar-refractivity contribution < 1.29 is 9.18 Å². The number of carbonyl (C=O) groups is 1. The van der Waals surface area contributed by atoms with Crippen LogP contribution in [0.15, 0.2) is 24.5 Å². The highest BCUT2D eigenvalue weighted by atomic mass is 35.5. The van der Waals surface area contributed by atoms with E-state index in [4.69, 9.17) is 11.6 Å². The predicted octanol–water partition coefficient (Wildman–Crippen LogP) is 1.79. The minimum Gasteiger partial charge on any atom is -0.352 e. The number of rotatable bonds is 5. The Morgan fingerprint density at radius 1 is 1.24 bits per heavy atom. The first-order chi connectivity index (χ1) is 14.0. The van der Waals surface area contributed by atoms with Crippen molar-refractivity contribution in [3.63, 3.8) is 0 Å². The van der Waals surface area contributed by atoms with Crippen LogP contribution in [0.3, 0.4) is 0 Å². The number of aryl methyl sites for hydroxylation is 1. The maximum Gasteiger partial charge on any atom is 0.238 e. The topological polar surface area (TPSA) is 92.1 Å². The molecule has 1 amide bonds. The zero-order valence-electron chi connectivity index (χ0n) is 15.8. The summed E-state index contributed by atoms with van der Waals surface area (Å²) in [5.41, 5.74) is 1.88. The third-order valence-electron chi connectivity index (χ3n) is 4.82. The fourth-order valence-electron chi connectivity index (χ4n) is 3.32. The van der Waals surface area contributed by atoms with E-state index in [1.165, 1.54) is 24.5 Å². The lowest BCUT2D eigenvalue weighted by Gasteiger charge is -2.34. The van der Waals surface area contributed by atoms with Gasteiger partial charge in [0, 0.05) is 38.4 Å². The molecule has 9 nitrogen and oxygen atoms in total. The summed E-state index contributed by atoms with van der Waals surface area (Å²) >= 11 is 5.75. The zero-order valence-corrected chi connectivity index (χ0v) is 16.6. The number of aromatic nitrogens is 5. The van der Waals surface area contributed by atoms with Crippen molar-refractivity contribution in [2.24, 2.45) is 0 Å². The van der Waals surface area contributed by atoms with Gasteiger partial charge in [-0.25, -0.2) is 19.0 Å². The van der Waals surface area contributed by atoms with Crippen molar-refractivity contribution in [1.29, 1.82) is 0 Å². The zero-order chi connectivity index (χ0) is 20.4. The normalized spacial score (nSPS) is 15.1. The molecule has 0 spiro atoms. The van der Waals surface area contributed by atoms with Gasteiger partial charge in [-0.3, -0.25) is 9.69 Å². The van der Waals surface area contributed by atoms with Gasteiger partial charge in [0.05, 0.1) is 11.6 Å². The number of halogens is 2. The molecule has 3 heterocycles. The second-order valence-corrected chi connectivity index (χ2v) is 7.12. The van der Waals surface area contributed by atoms with Gasteiger partial charge >= 0.3 is 0 Å². The van der Waals surface area contributed by atoms with Crippen LogP contribution in [0.1, 0.15) is 6.92 Å². The van der Waals surface area contributed by atoms with Crippen molar-refractivity contribution >= 4 is 40.2 Å². The summed E-state index contributed by atoms with van der Waals surface area (Å²) < 4.78 is 15.0. The van der Waals surface area contributed by atoms with Gasteiger partial charge < -0.3 is 10.2 Å². The molecule has 0 bridgehead atoms. The number of piperazine rings is 1. The van der Waals surface area contributed by atoms with E-state index in [1.54, 1.807) is 4.68 Å². The van der Waals surface area contributed by atoms with Crippen LogP contribution in [-0.4, -0.2) is 68.5 Å². The second-order valence-electron chi connectivity index (χ2n) is 6.71. The number of hydrogen-bond donors (Lipinski definition) is 1. The van der Waals surface area contributed by atoms with Crippen molar-refractivity contribution in [2.75, 3.05) is 42.9 Å². The molecule has 29 heavy (non-hydrogen) atoms. The Bertz CT molecular complexity index is 1030. The van der Waals surface area contributed by atoms with Crippen LogP contribution in [0.5, 0.6) is 0 Å². The summed E-state index contributed by atoms with van der Waals surface area (Å²) in [5.74, 6) is 0.0785. The van der Waals surface area contributed by atoms with Gasteiger partial charge in [-0.15, -0.1) is 5.10 Å². The Morgan fingerprint density at radius 2 is 2.03 bits per heavy atom. The maximum absolute atomic E-state index is 13.2. The van der Waals surface area contributed by atoms with Crippen molar-refractivity contribution in [3.8, 4) is 0 Å². The third kappa shape index (κ3) is 4.13. The molecule has 0 saturated carbocycles. The average Bonchev–Trinajstić information content (AvgIpc) is 3.15. The number of benzene rings is 1. The van der Waals surface area contributed by atoms with Gasteiger partial charge in [-0.1, -0.05) is 16.8 Å². The van der Waals surface area contributed by atoms with Gasteiger partial charge in [-0.2, -0.15) is 0 Å². The van der Waals surface area contributed by atoms with Crippen molar-refractivity contribution in [2.45, 2.75) is 13.5 Å². The Kier molecular flexibility index (Phi) is 5.54. The Morgan fingerprint density at radius 3 is 2.76 bits per heavy atom. The molecular formula is C18H20ClFN8O. The average molecular weight is 419 g/mol. The number of amides is 1. The molecule has 0 aliphatic carbocycles. The van der Waals surface area contributed by atoms with Gasteiger partial charge in [0.15, 0.2) is 17.0 Å². The van der Waals surface area contributed by atoms with E-state index in [0.29, 0.717) is 43.9 Å². The molecule has 152 valence electrons. The fourth-order valence-corrected chi connectivity index (χ4v) is 3.50. The predicted molar refractivity (Wildman–Crippen MR) is 107 cm³/mol. The first-order valence-corrected chi connectivity index (χ1v) is 9.69. The Hall–Kier alpha value is -2.85. The monoisotopic (exact) mass is 418 g/mol. The molecule has 1 aliphatic rings. The molecule has 2 aromatic heterocycles. The largest absolute Gasteiger partial charge is 0.352 e.